The number of fused-ring (bicyclic) bond motifs is 1. The van der Waals surface area contributed by atoms with Gasteiger partial charge in [0.25, 0.3) is 5.56 Å². The van der Waals surface area contributed by atoms with Gasteiger partial charge in [0.2, 0.25) is 5.88 Å². The predicted molar refractivity (Wildman–Crippen MR) is 112 cm³/mol. The van der Waals surface area contributed by atoms with Crippen molar-refractivity contribution in [2.75, 3.05) is 11.9 Å². The van der Waals surface area contributed by atoms with E-state index in [0.29, 0.717) is 15.9 Å². The van der Waals surface area contributed by atoms with Crippen molar-refractivity contribution in [3.05, 3.63) is 49.5 Å². The molecule has 1 aromatic heterocycles. The molecule has 0 atom stereocenters. The normalized spacial score (nSPS) is 14.4. The Labute approximate surface area is 164 Å². The molecule has 0 spiro atoms. The van der Waals surface area contributed by atoms with Crippen molar-refractivity contribution >= 4 is 22.9 Å². The molecule has 0 amide bonds. The van der Waals surface area contributed by atoms with E-state index in [1.807, 2.05) is 12.1 Å². The van der Waals surface area contributed by atoms with Crippen LogP contribution in [-0.4, -0.2) is 16.2 Å². The molecule has 0 unspecified atom stereocenters. The van der Waals surface area contributed by atoms with Gasteiger partial charge in [0, 0.05) is 18.8 Å². The summed E-state index contributed by atoms with van der Waals surface area (Å²) < 4.78 is 1.97. The first-order valence-corrected chi connectivity index (χ1v) is 10.8. The summed E-state index contributed by atoms with van der Waals surface area (Å²) in [5, 5.41) is 13.3. The molecule has 0 aliphatic carbocycles. The van der Waals surface area contributed by atoms with Gasteiger partial charge in [-0.2, -0.15) is 0 Å². The fourth-order valence-corrected chi connectivity index (χ4v) is 4.29. The van der Waals surface area contributed by atoms with E-state index >= 15 is 0 Å². The van der Waals surface area contributed by atoms with Crippen LogP contribution in [0.3, 0.4) is 0 Å². The smallest absolute Gasteiger partial charge is 0.275 e. The molecule has 27 heavy (non-hydrogen) atoms. The molecule has 0 saturated carbocycles. The zero-order chi connectivity index (χ0) is 19.1. The van der Waals surface area contributed by atoms with Gasteiger partial charge in [-0.25, -0.2) is 0 Å². The fraction of sp³-hybridized carbons (Fsp3) is 0.524. The first-order valence-electron chi connectivity index (χ1n) is 10.0. The van der Waals surface area contributed by atoms with Crippen LogP contribution in [-0.2, 0) is 13.0 Å². The molecular weight excluding hydrogens is 358 g/mol. The van der Waals surface area contributed by atoms with Crippen molar-refractivity contribution in [1.82, 2.24) is 4.57 Å². The number of hydrogen-bond acceptors (Lipinski definition) is 5. The maximum absolute atomic E-state index is 12.4. The van der Waals surface area contributed by atoms with E-state index in [4.69, 9.17) is 0 Å². The van der Waals surface area contributed by atoms with E-state index < -0.39 is 0 Å². The minimum absolute atomic E-state index is 0.0919. The number of benzene rings is 1. The Morgan fingerprint density at radius 3 is 2.67 bits per heavy atom. The van der Waals surface area contributed by atoms with Crippen molar-refractivity contribution in [1.29, 1.82) is 0 Å². The lowest BCUT2D eigenvalue weighted by atomic mass is 10.0. The Morgan fingerprint density at radius 2 is 1.93 bits per heavy atom. The summed E-state index contributed by atoms with van der Waals surface area (Å²) in [6, 6.07) is 8.09. The molecule has 5 nitrogen and oxygen atoms in total. The van der Waals surface area contributed by atoms with Gasteiger partial charge in [0.05, 0.1) is 0 Å². The number of aromatic nitrogens is 1. The molecule has 2 N–H and O–H groups in total. The Kier molecular flexibility index (Phi) is 7.10. The highest BCUT2D eigenvalue weighted by atomic mass is 32.1. The van der Waals surface area contributed by atoms with Crippen LogP contribution in [0, 0.1) is 0 Å². The number of aliphatic hydroxyl groups excluding tert-OH is 1. The van der Waals surface area contributed by atoms with E-state index in [9.17, 15) is 9.90 Å². The van der Waals surface area contributed by atoms with Crippen LogP contribution in [0.5, 0.6) is 0 Å². The molecule has 1 aliphatic rings. The summed E-state index contributed by atoms with van der Waals surface area (Å²) in [5.41, 5.74) is 1.93. The summed E-state index contributed by atoms with van der Waals surface area (Å²) >= 11 is 1.25. The molecule has 146 valence electrons. The molecule has 2 aromatic rings. The summed E-state index contributed by atoms with van der Waals surface area (Å²) in [6.07, 6.45) is 9.75. The van der Waals surface area contributed by atoms with Crippen LogP contribution < -0.4 is 20.2 Å². The highest BCUT2D eigenvalue weighted by Crippen LogP contribution is 2.14. The van der Waals surface area contributed by atoms with E-state index in [0.717, 1.165) is 25.1 Å². The second-order valence-corrected chi connectivity index (χ2v) is 8.07. The number of aliphatic hydroxyl groups is 1. The molecule has 6 heteroatoms. The number of anilines is 1. The molecule has 0 radical (unpaired) electrons. The third kappa shape index (κ3) is 5.22. The van der Waals surface area contributed by atoms with Gasteiger partial charge < -0.3 is 10.4 Å². The average molecular weight is 388 g/mol. The Hall–Kier alpha value is -2.08. The Balaban J connectivity index is 1.60. The number of aryl methyl sites for hydroxylation is 1. The maximum atomic E-state index is 12.4. The van der Waals surface area contributed by atoms with Crippen LogP contribution in [0.4, 0.5) is 5.69 Å². The fourth-order valence-electron chi connectivity index (χ4n) is 3.33. The summed E-state index contributed by atoms with van der Waals surface area (Å²) in [7, 11) is 0. The van der Waals surface area contributed by atoms with Gasteiger partial charge in [0.1, 0.15) is 0 Å². The minimum Gasteiger partial charge on any atom is -0.493 e. The summed E-state index contributed by atoms with van der Waals surface area (Å²) in [4.78, 5) is 17.5. The Morgan fingerprint density at radius 1 is 1.19 bits per heavy atom. The van der Waals surface area contributed by atoms with E-state index in [2.05, 4.69) is 29.4 Å². The highest BCUT2D eigenvalue weighted by Gasteiger charge is 2.12. The second-order valence-electron chi connectivity index (χ2n) is 7.09. The average Bonchev–Trinajstić information content (AvgIpc) is 3.03. The molecule has 0 bridgehead atoms. The summed E-state index contributed by atoms with van der Waals surface area (Å²) in [5.74, 6) is -0.0919. The predicted octanol–water partition coefficient (Wildman–Crippen LogP) is 3.57. The van der Waals surface area contributed by atoms with Crippen molar-refractivity contribution in [3.63, 3.8) is 0 Å². The Bertz CT molecular complexity index is 912. The maximum Gasteiger partial charge on any atom is 0.275 e. The molecule has 2 heterocycles. The van der Waals surface area contributed by atoms with E-state index in [1.54, 1.807) is 4.57 Å². The van der Waals surface area contributed by atoms with Gasteiger partial charge in [-0.3, -0.25) is 14.4 Å². The third-order valence-electron chi connectivity index (χ3n) is 4.90. The van der Waals surface area contributed by atoms with Crippen LogP contribution in [0.15, 0.2) is 34.1 Å². The lowest BCUT2D eigenvalue weighted by Gasteiger charge is -2.06. The molecule has 3 rings (SSSR count). The molecule has 1 aliphatic heterocycles. The second kappa shape index (κ2) is 9.74. The SMILES string of the molecule is CCCCCCCCc1ccc(NC(O)=c2sc3n(c2=O)CCCN=3)cc1. The minimum atomic E-state index is -0.164. The van der Waals surface area contributed by atoms with Crippen molar-refractivity contribution in [2.45, 2.75) is 64.8 Å². The first-order chi connectivity index (χ1) is 13.2. The number of rotatable bonds is 9. The van der Waals surface area contributed by atoms with Crippen molar-refractivity contribution < 1.29 is 5.11 Å². The van der Waals surface area contributed by atoms with Crippen LogP contribution in [0.25, 0.3) is 5.88 Å². The monoisotopic (exact) mass is 387 g/mol. The van der Waals surface area contributed by atoms with Gasteiger partial charge in [-0.15, -0.1) is 0 Å². The summed E-state index contributed by atoms with van der Waals surface area (Å²) in [6.45, 7) is 3.66. The molecule has 1 aromatic carbocycles. The number of thiazole rings is 1. The zero-order valence-electron chi connectivity index (χ0n) is 16.0. The standard InChI is InChI=1S/C21H29N3O2S/c1-2-3-4-5-6-7-9-16-10-12-17(13-11-16)23-19(25)18-20(26)24-15-8-14-22-21(24)27-18/h10-13,23,25H,2-9,14-15H2,1H3. The number of hydrogen-bond donors (Lipinski definition) is 2. The quantitative estimate of drug-likeness (QED) is 0.647. The van der Waals surface area contributed by atoms with E-state index in [1.165, 1.54) is 55.4 Å². The molecular formula is C21H29N3O2S. The first kappa shape index (κ1) is 19.7. The number of unbranched alkanes of at least 4 members (excludes halogenated alkanes) is 5. The molecule has 0 fully saturated rings. The van der Waals surface area contributed by atoms with Gasteiger partial charge >= 0.3 is 0 Å². The van der Waals surface area contributed by atoms with Gasteiger partial charge in [0.15, 0.2) is 9.33 Å². The number of nitrogens with zero attached hydrogens (tertiary/aromatic N) is 2. The zero-order valence-corrected chi connectivity index (χ0v) is 16.9. The van der Waals surface area contributed by atoms with Gasteiger partial charge in [-0.05, 0) is 37.0 Å². The van der Waals surface area contributed by atoms with Crippen LogP contribution in [0.1, 0.15) is 57.4 Å². The number of nitrogens with one attached hydrogen (secondary N) is 1. The molecule has 0 saturated heterocycles. The van der Waals surface area contributed by atoms with E-state index in [-0.39, 0.29) is 11.4 Å². The highest BCUT2D eigenvalue weighted by molar-refractivity contribution is 7.07. The van der Waals surface area contributed by atoms with Gasteiger partial charge in [-0.1, -0.05) is 62.5 Å². The van der Waals surface area contributed by atoms with Crippen molar-refractivity contribution in [3.8, 4) is 0 Å². The lowest BCUT2D eigenvalue weighted by Crippen LogP contribution is -2.35. The largest absolute Gasteiger partial charge is 0.493 e. The lowest BCUT2D eigenvalue weighted by molar-refractivity contribution is 0.501. The third-order valence-corrected chi connectivity index (χ3v) is 6.01. The van der Waals surface area contributed by atoms with Crippen LogP contribution in [0.2, 0.25) is 0 Å². The van der Waals surface area contributed by atoms with Crippen LogP contribution >= 0.6 is 11.3 Å². The topological polar surface area (TPSA) is 66.6 Å². The van der Waals surface area contributed by atoms with Crippen molar-refractivity contribution in [2.24, 2.45) is 4.99 Å².